The Balaban J connectivity index is 1.39. The summed E-state index contributed by atoms with van der Waals surface area (Å²) in [5.41, 5.74) is 4.37. The Morgan fingerprint density at radius 3 is 2.26 bits per heavy atom. The third-order valence-electron chi connectivity index (χ3n) is 5.92. The molecule has 0 aliphatic rings. The van der Waals surface area contributed by atoms with E-state index in [1.807, 2.05) is 63.2 Å². The summed E-state index contributed by atoms with van der Waals surface area (Å²) in [4.78, 5) is 17.0. The molecule has 1 N–H and O–H groups in total. The highest BCUT2D eigenvalue weighted by Gasteiger charge is 2.21. The Morgan fingerprint density at radius 2 is 1.66 bits per heavy atom. The second kappa shape index (κ2) is 11.5. The normalized spacial score (nSPS) is 11.3. The van der Waals surface area contributed by atoms with Gasteiger partial charge in [-0.15, -0.1) is 0 Å². The molecule has 3 aromatic carbocycles. The number of carbonyl (C=O) groups is 1. The van der Waals surface area contributed by atoms with Crippen LogP contribution in [0.4, 0.5) is 5.69 Å². The van der Waals surface area contributed by atoms with Gasteiger partial charge in [0.25, 0.3) is 5.91 Å². The van der Waals surface area contributed by atoms with Gasteiger partial charge in [0.05, 0.1) is 31.6 Å². The molecule has 0 spiro atoms. The van der Waals surface area contributed by atoms with Crippen molar-refractivity contribution >= 4 is 21.6 Å². The maximum atomic E-state index is 12.7. The van der Waals surface area contributed by atoms with Crippen molar-refractivity contribution in [2.75, 3.05) is 17.2 Å². The zero-order valence-corrected chi connectivity index (χ0v) is 22.6. The molecule has 38 heavy (non-hydrogen) atoms. The first-order valence-corrected chi connectivity index (χ1v) is 14.0. The molecule has 0 radical (unpaired) electrons. The van der Waals surface area contributed by atoms with E-state index in [2.05, 4.69) is 15.5 Å². The lowest BCUT2D eigenvalue weighted by Gasteiger charge is -2.26. The van der Waals surface area contributed by atoms with E-state index in [1.165, 1.54) is 10.6 Å². The van der Waals surface area contributed by atoms with Crippen LogP contribution in [-0.2, 0) is 23.1 Å². The molecule has 0 aliphatic carbocycles. The van der Waals surface area contributed by atoms with Crippen molar-refractivity contribution in [2.45, 2.75) is 33.9 Å². The number of sulfonamides is 1. The second-order valence-corrected chi connectivity index (χ2v) is 10.8. The molecule has 1 heterocycles. The molecule has 198 valence electrons. The van der Waals surface area contributed by atoms with Crippen LogP contribution in [0.1, 0.15) is 39.9 Å². The average Bonchev–Trinajstić information content (AvgIpc) is 3.36. The first-order chi connectivity index (χ1) is 18.2. The van der Waals surface area contributed by atoms with Crippen molar-refractivity contribution in [1.82, 2.24) is 15.5 Å². The number of aryl methyl sites for hydroxylation is 2. The smallest absolute Gasteiger partial charge is 0.251 e. The van der Waals surface area contributed by atoms with Crippen molar-refractivity contribution < 1.29 is 22.5 Å². The lowest BCUT2D eigenvalue weighted by atomic mass is 10.1. The summed E-state index contributed by atoms with van der Waals surface area (Å²) < 4.78 is 37.3. The van der Waals surface area contributed by atoms with Gasteiger partial charge < -0.3 is 14.6 Å². The number of ether oxygens (including phenoxy) is 1. The number of nitrogens with zero attached hydrogens (tertiary/aromatic N) is 3. The quantitative estimate of drug-likeness (QED) is 0.315. The van der Waals surface area contributed by atoms with Crippen molar-refractivity contribution in [3.63, 3.8) is 0 Å². The lowest BCUT2D eigenvalue weighted by Crippen LogP contribution is -2.30. The van der Waals surface area contributed by atoms with E-state index >= 15 is 0 Å². The molecule has 0 atom stereocenters. The van der Waals surface area contributed by atoms with Gasteiger partial charge in [-0.05, 0) is 73.9 Å². The molecule has 1 amide bonds. The molecule has 0 saturated carbocycles. The fourth-order valence-electron chi connectivity index (χ4n) is 4.06. The molecule has 0 bridgehead atoms. The van der Waals surface area contributed by atoms with Crippen molar-refractivity contribution in [1.29, 1.82) is 0 Å². The van der Waals surface area contributed by atoms with E-state index in [0.717, 1.165) is 28.0 Å². The van der Waals surface area contributed by atoms with Crippen LogP contribution in [0.3, 0.4) is 0 Å². The van der Waals surface area contributed by atoms with Crippen LogP contribution in [0.2, 0.25) is 0 Å². The van der Waals surface area contributed by atoms with Crippen LogP contribution in [0.5, 0.6) is 5.75 Å². The Labute approximate surface area is 222 Å². The molecule has 0 saturated heterocycles. The summed E-state index contributed by atoms with van der Waals surface area (Å²) >= 11 is 0. The van der Waals surface area contributed by atoms with Gasteiger partial charge in [0, 0.05) is 11.1 Å². The number of rotatable bonds is 10. The lowest BCUT2D eigenvalue weighted by molar-refractivity contribution is 0.0946. The van der Waals surface area contributed by atoms with Gasteiger partial charge in [0.15, 0.2) is 0 Å². The maximum absolute atomic E-state index is 12.7. The molecular weight excluding hydrogens is 504 g/mol. The zero-order chi connectivity index (χ0) is 27.3. The fourth-order valence-corrected chi connectivity index (χ4v) is 5.06. The molecule has 1 aromatic heterocycles. The predicted octanol–water partition coefficient (Wildman–Crippen LogP) is 4.65. The van der Waals surface area contributed by atoms with Gasteiger partial charge in [-0.2, -0.15) is 4.98 Å². The molecule has 0 aliphatic heterocycles. The predicted molar refractivity (Wildman–Crippen MR) is 145 cm³/mol. The molecular formula is C28H30N4O5S. The van der Waals surface area contributed by atoms with Crippen LogP contribution in [0.15, 0.2) is 71.3 Å². The summed E-state index contributed by atoms with van der Waals surface area (Å²) in [6.07, 6.45) is 1.19. The number of carbonyl (C=O) groups excluding carboxylic acids is 1. The minimum Gasteiger partial charge on any atom is -0.494 e. The minimum atomic E-state index is -3.53. The Morgan fingerprint density at radius 1 is 1.00 bits per heavy atom. The second-order valence-electron chi connectivity index (χ2n) is 8.86. The van der Waals surface area contributed by atoms with Crippen LogP contribution in [0, 0.1) is 13.8 Å². The van der Waals surface area contributed by atoms with E-state index in [0.29, 0.717) is 23.7 Å². The van der Waals surface area contributed by atoms with E-state index in [9.17, 15) is 13.2 Å². The van der Waals surface area contributed by atoms with Gasteiger partial charge in [-0.25, -0.2) is 8.42 Å². The van der Waals surface area contributed by atoms with Gasteiger partial charge in [0.1, 0.15) is 5.75 Å². The van der Waals surface area contributed by atoms with Gasteiger partial charge in [-0.3, -0.25) is 9.10 Å². The summed E-state index contributed by atoms with van der Waals surface area (Å²) in [6, 6.07) is 19.8. The highest BCUT2D eigenvalue weighted by atomic mass is 32.2. The number of nitrogens with one attached hydrogen (secondary N) is 1. The third-order valence-corrected chi connectivity index (χ3v) is 7.04. The number of para-hydroxylation sites is 1. The number of hydrogen-bond acceptors (Lipinski definition) is 7. The number of hydrogen-bond donors (Lipinski definition) is 1. The Hall–Kier alpha value is -4.18. The standard InChI is InChI=1S/C28H30N4O5S/c1-5-36-24-15-13-22(14-16-24)27-30-25(37-31-27)17-29-28(33)23-11-9-21(10-12-23)18-32(38(4,34)35)26-19(2)7-6-8-20(26)3/h6-16H,5,17-18H2,1-4H3,(H,29,33). The molecule has 4 aromatic rings. The van der Waals surface area contributed by atoms with E-state index in [-0.39, 0.29) is 24.9 Å². The number of amides is 1. The third kappa shape index (κ3) is 6.38. The average molecular weight is 535 g/mol. The summed E-state index contributed by atoms with van der Waals surface area (Å²) in [6.45, 7) is 6.50. The number of benzene rings is 3. The van der Waals surface area contributed by atoms with Crippen molar-refractivity contribution in [2.24, 2.45) is 0 Å². The molecule has 0 fully saturated rings. The molecule has 9 nitrogen and oxygen atoms in total. The Bertz CT molecular complexity index is 1490. The molecule has 4 rings (SSSR count). The van der Waals surface area contributed by atoms with E-state index < -0.39 is 10.0 Å². The molecule has 10 heteroatoms. The maximum Gasteiger partial charge on any atom is 0.251 e. The zero-order valence-electron chi connectivity index (χ0n) is 21.8. The first-order valence-electron chi connectivity index (χ1n) is 12.1. The largest absolute Gasteiger partial charge is 0.494 e. The number of aromatic nitrogens is 2. The summed E-state index contributed by atoms with van der Waals surface area (Å²) in [7, 11) is -3.53. The summed E-state index contributed by atoms with van der Waals surface area (Å²) in [5, 5.41) is 6.75. The monoisotopic (exact) mass is 534 g/mol. The van der Waals surface area contributed by atoms with Crippen molar-refractivity contribution in [3.05, 3.63) is 94.9 Å². The molecule has 0 unspecified atom stereocenters. The Kier molecular flexibility index (Phi) is 8.11. The summed E-state index contributed by atoms with van der Waals surface area (Å²) in [5.74, 6) is 1.14. The topological polar surface area (TPSA) is 115 Å². The van der Waals surface area contributed by atoms with Gasteiger partial charge >= 0.3 is 0 Å². The van der Waals surface area contributed by atoms with E-state index in [4.69, 9.17) is 9.26 Å². The SMILES string of the molecule is CCOc1ccc(-c2noc(CNC(=O)c3ccc(CN(c4c(C)cccc4C)S(C)(=O)=O)cc3)n2)cc1. The number of anilines is 1. The van der Waals surface area contributed by atoms with Crippen LogP contribution < -0.4 is 14.4 Å². The van der Waals surface area contributed by atoms with Crippen LogP contribution in [-0.4, -0.2) is 37.3 Å². The first kappa shape index (κ1) is 26.9. The highest BCUT2D eigenvalue weighted by Crippen LogP contribution is 2.28. The van der Waals surface area contributed by atoms with Crippen molar-refractivity contribution in [3.8, 4) is 17.1 Å². The van der Waals surface area contributed by atoms with Gasteiger partial charge in [0.2, 0.25) is 21.7 Å². The fraction of sp³-hybridized carbons (Fsp3) is 0.250. The van der Waals surface area contributed by atoms with Crippen LogP contribution >= 0.6 is 0 Å². The van der Waals surface area contributed by atoms with E-state index in [1.54, 1.807) is 24.3 Å². The highest BCUT2D eigenvalue weighted by molar-refractivity contribution is 7.92. The minimum absolute atomic E-state index is 0.0685. The van der Waals surface area contributed by atoms with Crippen LogP contribution in [0.25, 0.3) is 11.4 Å². The van der Waals surface area contributed by atoms with Gasteiger partial charge in [-0.1, -0.05) is 35.5 Å².